The van der Waals surface area contributed by atoms with Crippen LogP contribution < -0.4 is 0 Å². The van der Waals surface area contributed by atoms with E-state index >= 15 is 0 Å². The van der Waals surface area contributed by atoms with E-state index in [0.29, 0.717) is 11.9 Å². The van der Waals surface area contributed by atoms with E-state index in [1.165, 1.54) is 0 Å². The summed E-state index contributed by atoms with van der Waals surface area (Å²) in [6.45, 7) is 19.8. The Hall–Kier alpha value is -0.400. The second-order valence-electron chi connectivity index (χ2n) is 7.98. The SMILES string of the molecule is CP(C)C(CN(C(=O)OC(C)(C)C)C(=O)OC(C)(C)C)P(C)C. The van der Waals surface area contributed by atoms with E-state index in [1.807, 2.05) is 0 Å². The van der Waals surface area contributed by atoms with Gasteiger partial charge in [-0.05, 0) is 68.2 Å². The van der Waals surface area contributed by atoms with Gasteiger partial charge in [0.2, 0.25) is 0 Å². The summed E-state index contributed by atoms with van der Waals surface area (Å²) in [5.74, 6) is 0. The Bertz CT molecular complexity index is 375. The first-order valence-electron chi connectivity index (χ1n) is 7.70. The van der Waals surface area contributed by atoms with Gasteiger partial charge < -0.3 is 9.47 Å². The quantitative estimate of drug-likeness (QED) is 0.660. The summed E-state index contributed by atoms with van der Waals surface area (Å²) in [7, 11) is -0.560. The Balaban J connectivity index is 5.36. The molecule has 7 heteroatoms. The molecule has 0 aromatic heterocycles. The number of nitrogens with zero attached hydrogens (tertiary/aromatic N) is 1. The third kappa shape index (κ3) is 9.47. The highest BCUT2D eigenvalue weighted by atomic mass is 31.2. The van der Waals surface area contributed by atoms with Gasteiger partial charge in [-0.1, -0.05) is 0 Å². The van der Waals surface area contributed by atoms with Crippen LogP contribution in [0.2, 0.25) is 0 Å². The van der Waals surface area contributed by atoms with Crippen LogP contribution >= 0.6 is 15.8 Å². The number of carbonyl (C=O) groups is 2. The highest BCUT2D eigenvalue weighted by Crippen LogP contribution is 2.50. The molecule has 5 nitrogen and oxygen atoms in total. The van der Waals surface area contributed by atoms with Crippen molar-refractivity contribution < 1.29 is 19.1 Å². The molecule has 0 N–H and O–H groups in total. The normalized spacial score (nSPS) is 12.7. The average molecular weight is 365 g/mol. The monoisotopic (exact) mass is 365 g/mol. The van der Waals surface area contributed by atoms with Crippen molar-refractivity contribution in [1.82, 2.24) is 4.90 Å². The van der Waals surface area contributed by atoms with Crippen LogP contribution in [-0.4, -0.2) is 66.9 Å². The summed E-state index contributed by atoms with van der Waals surface area (Å²) < 4.78 is 10.8. The fourth-order valence-electron chi connectivity index (χ4n) is 1.81. The molecular weight excluding hydrogens is 332 g/mol. The van der Waals surface area contributed by atoms with E-state index < -0.39 is 23.4 Å². The molecule has 0 heterocycles. The summed E-state index contributed by atoms with van der Waals surface area (Å²) >= 11 is 0. The van der Waals surface area contributed by atoms with Crippen molar-refractivity contribution in [1.29, 1.82) is 0 Å². The molecule has 0 saturated heterocycles. The van der Waals surface area contributed by atoms with Crippen LogP contribution in [0.5, 0.6) is 0 Å². The van der Waals surface area contributed by atoms with Crippen molar-refractivity contribution in [3.8, 4) is 0 Å². The molecule has 0 radical (unpaired) electrons. The van der Waals surface area contributed by atoms with E-state index in [9.17, 15) is 9.59 Å². The minimum atomic E-state index is -0.654. The molecule has 0 unspecified atom stereocenters. The van der Waals surface area contributed by atoms with Gasteiger partial charge in [0, 0.05) is 11.9 Å². The van der Waals surface area contributed by atoms with Gasteiger partial charge in [0.15, 0.2) is 0 Å². The van der Waals surface area contributed by atoms with Crippen LogP contribution in [0.15, 0.2) is 0 Å². The van der Waals surface area contributed by atoms with E-state index in [1.54, 1.807) is 41.5 Å². The maximum absolute atomic E-state index is 12.5. The van der Waals surface area contributed by atoms with Crippen LogP contribution in [0.3, 0.4) is 0 Å². The summed E-state index contributed by atoms with van der Waals surface area (Å²) in [5, 5.41) is 0.306. The Kier molecular flexibility index (Phi) is 8.47. The fraction of sp³-hybridized carbons (Fsp3) is 0.875. The van der Waals surface area contributed by atoms with E-state index in [2.05, 4.69) is 26.7 Å². The van der Waals surface area contributed by atoms with Gasteiger partial charge >= 0.3 is 12.2 Å². The molecule has 2 amide bonds. The van der Waals surface area contributed by atoms with Gasteiger partial charge in [0.1, 0.15) is 11.2 Å². The zero-order chi connectivity index (χ0) is 18.6. The number of carbonyl (C=O) groups excluding carboxylic acids is 2. The third-order valence-corrected chi connectivity index (χ3v) is 8.25. The molecule has 23 heavy (non-hydrogen) atoms. The van der Waals surface area contributed by atoms with E-state index in [4.69, 9.17) is 9.47 Å². The first-order valence-corrected chi connectivity index (χ1v) is 12.3. The zero-order valence-electron chi connectivity index (χ0n) is 16.3. The number of imide groups is 1. The van der Waals surface area contributed by atoms with Crippen LogP contribution in [0.25, 0.3) is 0 Å². The smallest absolute Gasteiger partial charge is 0.419 e. The van der Waals surface area contributed by atoms with Crippen LogP contribution in [0, 0.1) is 0 Å². The average Bonchev–Trinajstić information content (AvgIpc) is 2.22. The van der Waals surface area contributed by atoms with Gasteiger partial charge in [0.05, 0.1) is 0 Å². The number of rotatable bonds is 4. The molecule has 0 aliphatic heterocycles. The highest BCUT2D eigenvalue weighted by Gasteiger charge is 2.34. The molecule has 0 aliphatic rings. The second kappa shape index (κ2) is 8.62. The van der Waals surface area contributed by atoms with Crippen molar-refractivity contribution in [2.45, 2.75) is 58.1 Å². The Morgan fingerprint density at radius 3 is 1.35 bits per heavy atom. The number of hydrogen-bond acceptors (Lipinski definition) is 4. The second-order valence-corrected chi connectivity index (χ2v) is 13.5. The number of hydrogen-bond donors (Lipinski definition) is 0. The van der Waals surface area contributed by atoms with Crippen LogP contribution in [-0.2, 0) is 9.47 Å². The standard InChI is InChI=1S/C16H33NO4P2/c1-15(2,3)20-13(18)17(14(19)21-16(4,5)6)11-12(22(7)8)23(9)10/h12H,11H2,1-10H3. The molecule has 0 aromatic rings. The first-order chi connectivity index (χ1) is 10.1. The van der Waals surface area contributed by atoms with E-state index in [-0.39, 0.29) is 15.8 Å². The van der Waals surface area contributed by atoms with Crippen LogP contribution in [0.4, 0.5) is 9.59 Å². The zero-order valence-corrected chi connectivity index (χ0v) is 18.0. The molecule has 0 aliphatic carbocycles. The van der Waals surface area contributed by atoms with Gasteiger partial charge in [-0.3, -0.25) is 0 Å². The maximum Gasteiger partial charge on any atom is 0.419 e. The third-order valence-electron chi connectivity index (χ3n) is 2.77. The first kappa shape index (κ1) is 22.6. The van der Waals surface area contributed by atoms with Gasteiger partial charge in [-0.15, -0.1) is 15.8 Å². The topological polar surface area (TPSA) is 55.8 Å². The predicted molar refractivity (Wildman–Crippen MR) is 100 cm³/mol. The van der Waals surface area contributed by atoms with E-state index in [0.717, 1.165) is 4.90 Å². The van der Waals surface area contributed by atoms with Crippen molar-refractivity contribution in [2.24, 2.45) is 0 Å². The predicted octanol–water partition coefficient (Wildman–Crippen LogP) is 4.97. The molecule has 0 aromatic carbocycles. The number of amides is 2. The fourth-order valence-corrected chi connectivity index (χ4v) is 6.48. The molecule has 0 rings (SSSR count). The number of ether oxygens (including phenoxy) is 2. The molecule has 0 fully saturated rings. The molecule has 136 valence electrons. The van der Waals surface area contributed by atoms with Crippen molar-refractivity contribution in [3.05, 3.63) is 0 Å². The van der Waals surface area contributed by atoms with Crippen molar-refractivity contribution in [2.75, 3.05) is 33.2 Å². The molecule has 0 atom stereocenters. The maximum atomic E-state index is 12.5. The minimum absolute atomic E-state index is 0.280. The summed E-state index contributed by atoms with van der Waals surface area (Å²) in [5.41, 5.74) is -1.31. The van der Waals surface area contributed by atoms with Crippen molar-refractivity contribution >= 4 is 28.0 Å². The lowest BCUT2D eigenvalue weighted by Crippen LogP contribution is -2.46. The Morgan fingerprint density at radius 1 is 0.826 bits per heavy atom. The summed E-state index contributed by atoms with van der Waals surface area (Å²) in [6.07, 6.45) is -1.27. The summed E-state index contributed by atoms with van der Waals surface area (Å²) in [6, 6.07) is 0. The molecule has 0 saturated carbocycles. The highest BCUT2D eigenvalue weighted by molar-refractivity contribution is 7.74. The Labute approximate surface area is 144 Å². The minimum Gasteiger partial charge on any atom is -0.443 e. The lowest BCUT2D eigenvalue weighted by atomic mass is 10.2. The van der Waals surface area contributed by atoms with Crippen LogP contribution in [0.1, 0.15) is 41.5 Å². The lowest BCUT2D eigenvalue weighted by Gasteiger charge is -2.33. The van der Waals surface area contributed by atoms with Gasteiger partial charge in [-0.2, -0.15) is 0 Å². The van der Waals surface area contributed by atoms with Gasteiger partial charge in [0.25, 0.3) is 0 Å². The molecular formula is C16H33NO4P2. The lowest BCUT2D eigenvalue weighted by molar-refractivity contribution is 0.00234. The molecule has 0 spiro atoms. The largest absolute Gasteiger partial charge is 0.443 e. The van der Waals surface area contributed by atoms with Crippen molar-refractivity contribution in [3.63, 3.8) is 0 Å². The van der Waals surface area contributed by atoms with Gasteiger partial charge in [-0.25, -0.2) is 14.5 Å². The molecule has 0 bridgehead atoms. The Morgan fingerprint density at radius 2 is 1.13 bits per heavy atom. The summed E-state index contributed by atoms with van der Waals surface area (Å²) in [4.78, 5) is 26.1.